The third-order valence-corrected chi connectivity index (χ3v) is 5.82. The Morgan fingerprint density at radius 2 is 1.74 bits per heavy atom. The number of halogens is 3. The smallest absolute Gasteiger partial charge is 0.382 e. The van der Waals surface area contributed by atoms with Gasteiger partial charge in [-0.3, -0.25) is 4.79 Å². The Morgan fingerprint density at radius 3 is 2.30 bits per heavy atom. The second-order valence-electron chi connectivity index (χ2n) is 7.36. The standard InChI is InChI=1S/C16H25F3N2O2/c17-16(18,19)13(22)11-20-8-4-15(5-9-20)10-12(15)14(23)21-6-2-1-3-7-21/h12-13,22H,1-11H2/t12-,13-/m0/s1. The zero-order chi connectivity index (χ0) is 16.7. The molecule has 1 spiro atoms. The van der Waals surface area contributed by atoms with Gasteiger partial charge in [0.25, 0.3) is 0 Å². The lowest BCUT2D eigenvalue weighted by Crippen LogP contribution is -2.45. The molecule has 7 heteroatoms. The number of amides is 1. The van der Waals surface area contributed by atoms with Crippen LogP contribution >= 0.6 is 0 Å². The number of piperidine rings is 2. The Labute approximate surface area is 134 Å². The largest absolute Gasteiger partial charge is 0.415 e. The fraction of sp³-hybridized carbons (Fsp3) is 0.938. The van der Waals surface area contributed by atoms with Crippen molar-refractivity contribution in [1.82, 2.24) is 9.80 Å². The Hall–Kier alpha value is -0.820. The summed E-state index contributed by atoms with van der Waals surface area (Å²) in [4.78, 5) is 16.2. The molecule has 0 aromatic heterocycles. The van der Waals surface area contributed by atoms with Crippen molar-refractivity contribution < 1.29 is 23.1 Å². The number of aliphatic hydroxyl groups excluding tert-OH is 1. The zero-order valence-electron chi connectivity index (χ0n) is 13.3. The zero-order valence-corrected chi connectivity index (χ0v) is 13.3. The molecule has 0 aromatic rings. The molecule has 2 atom stereocenters. The first-order valence-corrected chi connectivity index (χ1v) is 8.58. The van der Waals surface area contributed by atoms with Crippen LogP contribution < -0.4 is 0 Å². The quantitative estimate of drug-likeness (QED) is 0.859. The van der Waals surface area contributed by atoms with Crippen molar-refractivity contribution >= 4 is 5.91 Å². The van der Waals surface area contributed by atoms with Crippen LogP contribution in [0.4, 0.5) is 13.2 Å². The van der Waals surface area contributed by atoms with Gasteiger partial charge in [0.05, 0.1) is 0 Å². The first-order chi connectivity index (χ1) is 10.8. The summed E-state index contributed by atoms with van der Waals surface area (Å²) < 4.78 is 37.2. The highest BCUT2D eigenvalue weighted by Gasteiger charge is 2.59. The Bertz CT molecular complexity index is 441. The van der Waals surface area contributed by atoms with E-state index in [1.807, 2.05) is 4.90 Å². The van der Waals surface area contributed by atoms with Crippen LogP contribution in [0.15, 0.2) is 0 Å². The minimum absolute atomic E-state index is 0.0220. The molecule has 0 unspecified atom stereocenters. The lowest BCUT2D eigenvalue weighted by molar-refractivity contribution is -0.208. The minimum Gasteiger partial charge on any atom is -0.382 e. The number of hydrogen-bond acceptors (Lipinski definition) is 3. The second kappa shape index (κ2) is 6.24. The van der Waals surface area contributed by atoms with E-state index in [4.69, 9.17) is 5.11 Å². The van der Waals surface area contributed by atoms with E-state index in [0.29, 0.717) is 13.1 Å². The number of carbonyl (C=O) groups excluding carboxylic acids is 1. The number of rotatable bonds is 3. The number of β-amino-alcohol motifs (C(OH)–C–C–N with tert-alkyl or cyclic N) is 1. The molecule has 1 amide bonds. The van der Waals surface area contributed by atoms with Crippen LogP contribution in [0.25, 0.3) is 0 Å². The van der Waals surface area contributed by atoms with Crippen LogP contribution in [-0.4, -0.2) is 65.8 Å². The minimum atomic E-state index is -4.55. The first-order valence-electron chi connectivity index (χ1n) is 8.58. The molecule has 0 aromatic carbocycles. The van der Waals surface area contributed by atoms with Crippen molar-refractivity contribution in [2.45, 2.75) is 50.8 Å². The van der Waals surface area contributed by atoms with E-state index >= 15 is 0 Å². The van der Waals surface area contributed by atoms with Gasteiger partial charge in [-0.05, 0) is 57.0 Å². The molecule has 1 aliphatic carbocycles. The van der Waals surface area contributed by atoms with Crippen LogP contribution in [0.5, 0.6) is 0 Å². The van der Waals surface area contributed by atoms with E-state index in [0.717, 1.165) is 45.2 Å². The van der Waals surface area contributed by atoms with Crippen molar-refractivity contribution in [2.24, 2.45) is 11.3 Å². The van der Waals surface area contributed by atoms with Gasteiger partial charge in [0.2, 0.25) is 5.91 Å². The number of carbonyl (C=O) groups is 1. The van der Waals surface area contributed by atoms with Gasteiger partial charge in [0.15, 0.2) is 6.10 Å². The Morgan fingerprint density at radius 1 is 1.13 bits per heavy atom. The first kappa shape index (κ1) is 17.0. The molecule has 3 rings (SSSR count). The fourth-order valence-corrected chi connectivity index (χ4v) is 4.11. The van der Waals surface area contributed by atoms with Gasteiger partial charge in [-0.1, -0.05) is 0 Å². The van der Waals surface area contributed by atoms with Crippen LogP contribution in [-0.2, 0) is 4.79 Å². The van der Waals surface area contributed by atoms with Gasteiger partial charge in [0, 0.05) is 25.6 Å². The molecule has 132 valence electrons. The number of aliphatic hydroxyl groups is 1. The monoisotopic (exact) mass is 334 g/mol. The maximum Gasteiger partial charge on any atom is 0.415 e. The fourth-order valence-electron chi connectivity index (χ4n) is 4.11. The SMILES string of the molecule is O=C([C@@H]1CC12CCN(C[C@H](O)C(F)(F)F)CC2)N1CCCCC1. The summed E-state index contributed by atoms with van der Waals surface area (Å²) in [6.45, 7) is 2.43. The molecule has 2 aliphatic heterocycles. The highest BCUT2D eigenvalue weighted by atomic mass is 19.4. The topological polar surface area (TPSA) is 43.8 Å². The van der Waals surface area contributed by atoms with Crippen LogP contribution in [0.2, 0.25) is 0 Å². The van der Waals surface area contributed by atoms with E-state index in [-0.39, 0.29) is 23.8 Å². The molecular weight excluding hydrogens is 309 g/mol. The molecule has 0 bridgehead atoms. The van der Waals surface area contributed by atoms with Gasteiger partial charge in [0.1, 0.15) is 0 Å². The van der Waals surface area contributed by atoms with Gasteiger partial charge in [-0.2, -0.15) is 13.2 Å². The van der Waals surface area contributed by atoms with Crippen molar-refractivity contribution in [3.63, 3.8) is 0 Å². The van der Waals surface area contributed by atoms with Crippen molar-refractivity contribution in [1.29, 1.82) is 0 Å². The average molecular weight is 334 g/mol. The predicted molar refractivity (Wildman–Crippen MR) is 78.7 cm³/mol. The lowest BCUT2D eigenvalue weighted by atomic mass is 9.90. The molecule has 1 saturated carbocycles. The average Bonchev–Trinajstić information content (AvgIpc) is 3.23. The highest BCUT2D eigenvalue weighted by molar-refractivity contribution is 5.82. The third-order valence-electron chi connectivity index (χ3n) is 5.82. The molecule has 3 fully saturated rings. The third kappa shape index (κ3) is 3.65. The van der Waals surface area contributed by atoms with E-state index < -0.39 is 12.3 Å². The Kier molecular flexibility index (Phi) is 4.62. The number of hydrogen-bond donors (Lipinski definition) is 1. The van der Waals surface area contributed by atoms with Crippen LogP contribution in [0.1, 0.15) is 38.5 Å². The van der Waals surface area contributed by atoms with Crippen LogP contribution in [0.3, 0.4) is 0 Å². The molecule has 1 N–H and O–H groups in total. The van der Waals surface area contributed by atoms with Gasteiger partial charge >= 0.3 is 6.18 Å². The number of likely N-dealkylation sites (tertiary alicyclic amines) is 2. The summed E-state index contributed by atoms with van der Waals surface area (Å²) in [7, 11) is 0. The maximum absolute atomic E-state index is 12.5. The summed E-state index contributed by atoms with van der Waals surface area (Å²) in [6, 6.07) is 0. The van der Waals surface area contributed by atoms with Gasteiger partial charge < -0.3 is 14.9 Å². The second-order valence-corrected chi connectivity index (χ2v) is 7.36. The van der Waals surface area contributed by atoms with Gasteiger partial charge in [-0.15, -0.1) is 0 Å². The summed E-state index contributed by atoms with van der Waals surface area (Å²) in [6.07, 6.45) is -1.07. The van der Waals surface area contributed by atoms with Crippen LogP contribution in [0, 0.1) is 11.3 Å². The molecule has 23 heavy (non-hydrogen) atoms. The van der Waals surface area contributed by atoms with Crippen molar-refractivity contribution in [2.75, 3.05) is 32.7 Å². The molecule has 2 heterocycles. The molecule has 0 radical (unpaired) electrons. The number of nitrogens with zero attached hydrogens (tertiary/aromatic N) is 2. The molecule has 4 nitrogen and oxygen atoms in total. The van der Waals surface area contributed by atoms with Crippen molar-refractivity contribution in [3.05, 3.63) is 0 Å². The number of alkyl halides is 3. The van der Waals surface area contributed by atoms with E-state index in [2.05, 4.69) is 0 Å². The normalized spacial score (nSPS) is 29.6. The highest BCUT2D eigenvalue weighted by Crippen LogP contribution is 2.60. The van der Waals surface area contributed by atoms with E-state index in [1.54, 1.807) is 4.90 Å². The summed E-state index contributed by atoms with van der Waals surface area (Å²) in [5.74, 6) is 0.337. The summed E-state index contributed by atoms with van der Waals surface area (Å²) in [5.41, 5.74) is 0.0220. The van der Waals surface area contributed by atoms with Gasteiger partial charge in [-0.25, -0.2) is 0 Å². The maximum atomic E-state index is 12.5. The van der Waals surface area contributed by atoms with E-state index in [9.17, 15) is 18.0 Å². The summed E-state index contributed by atoms with van der Waals surface area (Å²) >= 11 is 0. The predicted octanol–water partition coefficient (Wildman–Crippen LogP) is 2.02. The van der Waals surface area contributed by atoms with Crippen molar-refractivity contribution in [3.8, 4) is 0 Å². The molecule has 3 aliphatic rings. The van der Waals surface area contributed by atoms with E-state index in [1.165, 1.54) is 6.42 Å². The molecular formula is C16H25F3N2O2. The Balaban J connectivity index is 1.47. The summed E-state index contributed by atoms with van der Waals surface area (Å²) in [5, 5.41) is 9.17. The molecule has 2 saturated heterocycles. The lowest BCUT2D eigenvalue weighted by Gasteiger charge is -2.35.